The smallest absolute Gasteiger partial charge is 0.330 e. The monoisotopic (exact) mass is 520 g/mol. The molecule has 0 saturated heterocycles. The van der Waals surface area contributed by atoms with Crippen LogP contribution in [0.2, 0.25) is 0 Å². The van der Waals surface area contributed by atoms with Crippen LogP contribution in [0.3, 0.4) is 0 Å². The average Bonchev–Trinajstić information content (AvgIpc) is 3.20. The third kappa shape index (κ3) is 5.65. The Morgan fingerprint density at radius 2 is 1.67 bits per heavy atom. The van der Waals surface area contributed by atoms with Crippen LogP contribution in [0.25, 0.3) is 0 Å². The minimum atomic E-state index is -1.53. The highest BCUT2D eigenvalue weighted by atomic mass is 31.1. The quantitative estimate of drug-likeness (QED) is 0.276. The van der Waals surface area contributed by atoms with Gasteiger partial charge in [-0.25, -0.2) is 0 Å². The summed E-state index contributed by atoms with van der Waals surface area (Å²) in [6.45, 7) is 15.8. The second kappa shape index (κ2) is 12.0. The lowest BCUT2D eigenvalue weighted by Crippen LogP contribution is -2.54. The van der Waals surface area contributed by atoms with E-state index in [1.807, 2.05) is 0 Å². The van der Waals surface area contributed by atoms with Crippen LogP contribution in [-0.2, 0) is 9.09 Å². The maximum Gasteiger partial charge on any atom is 0.508 e. The molecule has 4 fully saturated rings. The zero-order valence-corrected chi connectivity index (χ0v) is 25.5. The molecule has 208 valence electrons. The van der Waals surface area contributed by atoms with Crippen LogP contribution in [0, 0.1) is 58.2 Å². The first-order chi connectivity index (χ1) is 17.1. The van der Waals surface area contributed by atoms with Gasteiger partial charge in [-0.3, -0.25) is 0 Å². The molecule has 3 nitrogen and oxygen atoms in total. The van der Waals surface area contributed by atoms with Crippen molar-refractivity contribution >= 4 is 8.03 Å². The van der Waals surface area contributed by atoms with Crippen molar-refractivity contribution in [2.45, 2.75) is 131 Å². The molecule has 0 spiro atoms. The maximum atomic E-state index is 12.4. The van der Waals surface area contributed by atoms with Gasteiger partial charge in [-0.1, -0.05) is 54.4 Å². The molecule has 4 aliphatic rings. The van der Waals surface area contributed by atoms with Crippen LogP contribution < -0.4 is 5.73 Å². The van der Waals surface area contributed by atoms with E-state index in [0.29, 0.717) is 23.5 Å². The van der Waals surface area contributed by atoms with Crippen molar-refractivity contribution in [3.05, 3.63) is 0 Å². The van der Waals surface area contributed by atoms with Gasteiger partial charge < -0.3 is 5.73 Å². The van der Waals surface area contributed by atoms with Gasteiger partial charge in [0.1, 0.15) is 6.10 Å². The summed E-state index contributed by atoms with van der Waals surface area (Å²) in [5.41, 5.74) is 6.66. The number of fused-ring (bicyclic) bond motifs is 5. The van der Waals surface area contributed by atoms with Crippen molar-refractivity contribution in [3.63, 3.8) is 0 Å². The summed E-state index contributed by atoms with van der Waals surface area (Å²) >= 11 is 0. The van der Waals surface area contributed by atoms with E-state index < -0.39 is 8.03 Å². The highest BCUT2D eigenvalue weighted by Crippen LogP contribution is 2.68. The van der Waals surface area contributed by atoms with E-state index >= 15 is 0 Å². The van der Waals surface area contributed by atoms with E-state index in [1.165, 1.54) is 64.2 Å². The molecule has 4 aliphatic carbocycles. The zero-order chi connectivity index (χ0) is 26.1. The van der Waals surface area contributed by atoms with E-state index in [1.54, 1.807) is 0 Å². The van der Waals surface area contributed by atoms with Crippen LogP contribution >= 0.6 is 8.03 Å². The van der Waals surface area contributed by atoms with Gasteiger partial charge in [0.25, 0.3) is 0 Å². The summed E-state index contributed by atoms with van der Waals surface area (Å²) in [5.74, 6) is 7.11. The zero-order valence-electron chi connectivity index (χ0n) is 24.6. The molecule has 0 heterocycles. The molecule has 0 radical (unpaired) electrons. The van der Waals surface area contributed by atoms with Crippen molar-refractivity contribution in [1.82, 2.24) is 0 Å². The molecule has 5 unspecified atom stereocenters. The highest BCUT2D eigenvalue weighted by Gasteiger charge is 2.60. The third-order valence-electron chi connectivity index (χ3n) is 12.6. The summed E-state index contributed by atoms with van der Waals surface area (Å²) in [6.07, 6.45) is 18.1. The first kappa shape index (κ1) is 29.0. The van der Waals surface area contributed by atoms with Gasteiger partial charge in [0.15, 0.2) is 6.16 Å². The first-order valence-corrected chi connectivity index (χ1v) is 17.3. The van der Waals surface area contributed by atoms with Crippen LogP contribution in [0.4, 0.5) is 0 Å². The van der Waals surface area contributed by atoms with Crippen molar-refractivity contribution in [3.8, 4) is 0 Å². The van der Waals surface area contributed by atoms with Crippen LogP contribution in [-0.4, -0.2) is 18.8 Å². The molecule has 0 aromatic rings. The fraction of sp³-hybridized carbons (Fsp3) is 1.00. The molecule has 2 N–H and O–H groups in total. The number of hydrogen-bond donors (Lipinski definition) is 1. The molecule has 4 saturated carbocycles. The molecule has 4 heteroatoms. The summed E-state index contributed by atoms with van der Waals surface area (Å²) < 4.78 is 18.5. The van der Waals surface area contributed by atoms with E-state index in [2.05, 4.69) is 41.5 Å². The summed E-state index contributed by atoms with van der Waals surface area (Å²) in [7, 11) is -1.53. The molecule has 36 heavy (non-hydrogen) atoms. The largest absolute Gasteiger partial charge is 0.508 e. The molecule has 0 aliphatic heterocycles. The standard InChI is InChI=1S/C32H59NO2P/c1-7-24(22(2)3)10-9-23(4)28-13-14-29-27-12-11-25-21-26(35-36(34)20-8-19-33)15-17-31(25,5)30(27)16-18-32(28,29)6/h22-30H,7-21,33H2,1-6H3/q+1/t23-,24-,25?,26+,27?,28-,29?,30?,31+,32-/m1/s1. The molecule has 4 rings (SSSR count). The molecule has 0 aromatic heterocycles. The summed E-state index contributed by atoms with van der Waals surface area (Å²) in [6, 6.07) is 0. The van der Waals surface area contributed by atoms with E-state index in [0.717, 1.165) is 66.6 Å². The van der Waals surface area contributed by atoms with Crippen LogP contribution in [0.5, 0.6) is 0 Å². The van der Waals surface area contributed by atoms with Crippen molar-refractivity contribution < 1.29 is 9.09 Å². The van der Waals surface area contributed by atoms with Gasteiger partial charge in [0, 0.05) is 6.42 Å². The number of hydrogen-bond acceptors (Lipinski definition) is 3. The fourth-order valence-electron chi connectivity index (χ4n) is 10.4. The highest BCUT2D eigenvalue weighted by molar-refractivity contribution is 7.39. The molecular formula is C32H59NO2P+. The Morgan fingerprint density at radius 1 is 0.944 bits per heavy atom. The van der Waals surface area contributed by atoms with Crippen LogP contribution in [0.1, 0.15) is 125 Å². The van der Waals surface area contributed by atoms with Gasteiger partial charge in [-0.2, -0.15) is 0 Å². The lowest BCUT2D eigenvalue weighted by Gasteiger charge is -2.61. The summed E-state index contributed by atoms with van der Waals surface area (Å²) in [4.78, 5) is 0. The Bertz CT molecular complexity index is 742. The van der Waals surface area contributed by atoms with Gasteiger partial charge >= 0.3 is 8.03 Å². The second-order valence-electron chi connectivity index (χ2n) is 14.6. The Balaban J connectivity index is 1.38. The predicted octanol–water partition coefficient (Wildman–Crippen LogP) is 9.22. The third-order valence-corrected chi connectivity index (χ3v) is 13.9. The molecule has 0 amide bonds. The Kier molecular flexibility index (Phi) is 9.70. The average molecular weight is 521 g/mol. The Hall–Kier alpha value is 0.0200. The Morgan fingerprint density at radius 3 is 2.36 bits per heavy atom. The summed E-state index contributed by atoms with van der Waals surface area (Å²) in [5, 5.41) is 0. The number of rotatable bonds is 11. The topological polar surface area (TPSA) is 52.3 Å². The molecule has 0 bridgehead atoms. The maximum absolute atomic E-state index is 12.4. The van der Waals surface area contributed by atoms with Crippen molar-refractivity contribution in [2.75, 3.05) is 12.7 Å². The van der Waals surface area contributed by atoms with E-state index in [4.69, 9.17) is 10.3 Å². The van der Waals surface area contributed by atoms with Crippen LogP contribution in [0.15, 0.2) is 0 Å². The predicted molar refractivity (Wildman–Crippen MR) is 153 cm³/mol. The van der Waals surface area contributed by atoms with E-state index in [-0.39, 0.29) is 6.10 Å². The van der Waals surface area contributed by atoms with Gasteiger partial charge in [-0.15, -0.1) is 4.52 Å². The fourth-order valence-corrected chi connectivity index (χ4v) is 11.5. The van der Waals surface area contributed by atoms with E-state index in [9.17, 15) is 4.57 Å². The normalized spacial score (nSPS) is 42.4. The minimum Gasteiger partial charge on any atom is -0.330 e. The Labute approximate surface area is 224 Å². The lowest BCUT2D eigenvalue weighted by atomic mass is 9.44. The van der Waals surface area contributed by atoms with Gasteiger partial charge in [-0.05, 0) is 133 Å². The molecule has 0 aromatic carbocycles. The molecular weight excluding hydrogens is 461 g/mol. The second-order valence-corrected chi connectivity index (χ2v) is 15.9. The van der Waals surface area contributed by atoms with Gasteiger partial charge in [0.05, 0.1) is 0 Å². The van der Waals surface area contributed by atoms with Crippen molar-refractivity contribution in [1.29, 1.82) is 0 Å². The minimum absolute atomic E-state index is 0.212. The number of nitrogens with two attached hydrogens (primary N) is 1. The van der Waals surface area contributed by atoms with Crippen molar-refractivity contribution in [2.24, 2.45) is 63.9 Å². The molecule has 11 atom stereocenters. The van der Waals surface area contributed by atoms with Gasteiger partial charge in [0.2, 0.25) is 0 Å². The lowest BCUT2D eigenvalue weighted by molar-refractivity contribution is -0.126. The SMILES string of the molecule is CC[C@H](CC[C@@H](C)[C@H]1CCC2C3CCC4C[C@@H](O[P+](=O)CCCN)CC[C@]4(C)C3CC[C@@]21C)C(C)C. The first-order valence-electron chi connectivity index (χ1n) is 16.0.